The number of benzene rings is 1. The summed E-state index contributed by atoms with van der Waals surface area (Å²) in [5, 5.41) is 10.9. The van der Waals surface area contributed by atoms with Gasteiger partial charge in [0.2, 0.25) is 0 Å². The van der Waals surface area contributed by atoms with Gasteiger partial charge in [0.25, 0.3) is 0 Å². The normalized spacial score (nSPS) is 14.6. The Morgan fingerprint density at radius 3 is 2.65 bits per heavy atom. The highest BCUT2D eigenvalue weighted by molar-refractivity contribution is 9.10. The molecule has 0 fully saturated rings. The molecule has 0 aliphatic rings. The Kier molecular flexibility index (Phi) is 6.49. The summed E-state index contributed by atoms with van der Waals surface area (Å²) in [5.41, 5.74) is 0.709. The van der Waals surface area contributed by atoms with Crippen LogP contribution in [-0.2, 0) is 4.74 Å². The lowest BCUT2D eigenvalue weighted by atomic mass is 10.0. The fourth-order valence-electron chi connectivity index (χ4n) is 1.81. The van der Waals surface area contributed by atoms with E-state index in [1.165, 1.54) is 0 Å². The van der Waals surface area contributed by atoms with E-state index in [4.69, 9.17) is 16.3 Å². The third kappa shape index (κ3) is 3.95. The first kappa shape index (κ1) is 15.0. The van der Waals surface area contributed by atoms with Crippen LogP contribution in [0, 0.1) is 0 Å². The van der Waals surface area contributed by atoms with Gasteiger partial charge < -0.3 is 9.84 Å². The molecule has 0 aliphatic carbocycles. The van der Waals surface area contributed by atoms with Crippen LogP contribution in [0.25, 0.3) is 0 Å². The van der Waals surface area contributed by atoms with E-state index in [2.05, 4.69) is 22.9 Å². The Balaban J connectivity index is 2.95. The van der Waals surface area contributed by atoms with Crippen LogP contribution in [0.4, 0.5) is 0 Å². The standard InChI is InChI=1S/C13H18BrClO2/c1-3-6-11(17-4-2)13(16)12-9(14)7-5-8-10(12)15/h5,7-8,11,13,16H,3-4,6H2,1-2H3. The zero-order valence-corrected chi connectivity index (χ0v) is 12.5. The fourth-order valence-corrected chi connectivity index (χ4v) is 2.81. The molecular weight excluding hydrogens is 303 g/mol. The second kappa shape index (κ2) is 7.37. The van der Waals surface area contributed by atoms with Gasteiger partial charge in [-0.15, -0.1) is 0 Å². The van der Waals surface area contributed by atoms with E-state index in [-0.39, 0.29) is 6.10 Å². The zero-order chi connectivity index (χ0) is 12.8. The second-order valence-corrected chi connectivity index (χ2v) is 5.12. The Hall–Kier alpha value is -0.0900. The van der Waals surface area contributed by atoms with Crippen molar-refractivity contribution in [2.45, 2.75) is 38.9 Å². The average Bonchev–Trinajstić information content (AvgIpc) is 2.28. The van der Waals surface area contributed by atoms with Crippen LogP contribution in [0.1, 0.15) is 38.4 Å². The van der Waals surface area contributed by atoms with Crippen molar-refractivity contribution in [3.63, 3.8) is 0 Å². The van der Waals surface area contributed by atoms with Gasteiger partial charge >= 0.3 is 0 Å². The van der Waals surface area contributed by atoms with Gasteiger partial charge in [-0.2, -0.15) is 0 Å². The minimum atomic E-state index is -0.696. The molecule has 0 saturated heterocycles. The maximum atomic E-state index is 10.4. The van der Waals surface area contributed by atoms with Crippen molar-refractivity contribution in [1.82, 2.24) is 0 Å². The van der Waals surface area contributed by atoms with E-state index in [1.807, 2.05) is 19.1 Å². The molecule has 0 heterocycles. The molecule has 1 rings (SSSR count). The Bertz CT molecular complexity index is 331. The molecule has 0 radical (unpaired) electrons. The highest BCUT2D eigenvalue weighted by Crippen LogP contribution is 2.34. The van der Waals surface area contributed by atoms with Gasteiger partial charge in [-0.1, -0.05) is 46.9 Å². The van der Waals surface area contributed by atoms with Gasteiger partial charge in [0.1, 0.15) is 6.10 Å². The SMILES string of the molecule is CCCC(OCC)C(O)c1c(Cl)cccc1Br. The van der Waals surface area contributed by atoms with Crippen LogP contribution in [0.2, 0.25) is 5.02 Å². The molecule has 0 bridgehead atoms. The van der Waals surface area contributed by atoms with Crippen molar-refractivity contribution in [3.05, 3.63) is 33.3 Å². The number of hydrogen-bond donors (Lipinski definition) is 1. The zero-order valence-electron chi connectivity index (χ0n) is 10.1. The number of ether oxygens (including phenoxy) is 1. The Morgan fingerprint density at radius 2 is 2.12 bits per heavy atom. The summed E-state index contributed by atoms with van der Waals surface area (Å²) in [4.78, 5) is 0. The second-order valence-electron chi connectivity index (χ2n) is 3.86. The Labute approximate surface area is 116 Å². The quantitative estimate of drug-likeness (QED) is 0.844. The topological polar surface area (TPSA) is 29.5 Å². The van der Waals surface area contributed by atoms with E-state index in [1.54, 1.807) is 6.07 Å². The molecular formula is C13H18BrClO2. The van der Waals surface area contributed by atoms with Crippen molar-refractivity contribution >= 4 is 27.5 Å². The molecule has 0 aliphatic heterocycles. The number of halogens is 2. The molecule has 1 aromatic rings. The molecule has 2 nitrogen and oxygen atoms in total. The highest BCUT2D eigenvalue weighted by Gasteiger charge is 2.24. The van der Waals surface area contributed by atoms with Crippen LogP contribution < -0.4 is 0 Å². The number of aliphatic hydroxyl groups is 1. The summed E-state index contributed by atoms with van der Waals surface area (Å²) in [6, 6.07) is 5.50. The molecule has 0 saturated carbocycles. The maximum Gasteiger partial charge on any atom is 0.108 e. The van der Waals surface area contributed by atoms with Crippen LogP contribution in [0.15, 0.2) is 22.7 Å². The molecule has 0 spiro atoms. The predicted molar refractivity (Wildman–Crippen MR) is 74.4 cm³/mol. The van der Waals surface area contributed by atoms with Crippen molar-refractivity contribution in [1.29, 1.82) is 0 Å². The molecule has 96 valence electrons. The van der Waals surface area contributed by atoms with E-state index >= 15 is 0 Å². The summed E-state index contributed by atoms with van der Waals surface area (Å²) in [7, 11) is 0. The van der Waals surface area contributed by atoms with Crippen molar-refractivity contribution < 1.29 is 9.84 Å². The smallest absolute Gasteiger partial charge is 0.108 e. The van der Waals surface area contributed by atoms with Crippen molar-refractivity contribution in [2.24, 2.45) is 0 Å². The lowest BCUT2D eigenvalue weighted by Gasteiger charge is -2.24. The minimum absolute atomic E-state index is 0.207. The van der Waals surface area contributed by atoms with Crippen LogP contribution >= 0.6 is 27.5 Å². The van der Waals surface area contributed by atoms with Gasteiger partial charge in [0.05, 0.1) is 6.10 Å². The van der Waals surface area contributed by atoms with Crippen LogP contribution in [-0.4, -0.2) is 17.8 Å². The third-order valence-electron chi connectivity index (χ3n) is 2.60. The van der Waals surface area contributed by atoms with Crippen molar-refractivity contribution in [2.75, 3.05) is 6.61 Å². The predicted octanol–water partition coefficient (Wildman–Crippen LogP) is 4.34. The molecule has 2 atom stereocenters. The fraction of sp³-hybridized carbons (Fsp3) is 0.538. The summed E-state index contributed by atoms with van der Waals surface area (Å²) < 4.78 is 6.40. The van der Waals surface area contributed by atoms with E-state index in [0.29, 0.717) is 17.2 Å². The maximum absolute atomic E-state index is 10.4. The first-order valence-corrected chi connectivity index (χ1v) is 7.02. The molecule has 2 unspecified atom stereocenters. The highest BCUT2D eigenvalue weighted by atomic mass is 79.9. The third-order valence-corrected chi connectivity index (χ3v) is 3.62. The molecule has 4 heteroatoms. The Morgan fingerprint density at radius 1 is 1.41 bits per heavy atom. The van der Waals surface area contributed by atoms with Crippen molar-refractivity contribution in [3.8, 4) is 0 Å². The minimum Gasteiger partial charge on any atom is -0.386 e. The first-order chi connectivity index (χ1) is 8.11. The summed E-state index contributed by atoms with van der Waals surface area (Å²) in [6.07, 6.45) is 0.871. The molecule has 0 amide bonds. The molecule has 1 N–H and O–H groups in total. The molecule has 17 heavy (non-hydrogen) atoms. The molecule has 1 aromatic carbocycles. The van der Waals surface area contributed by atoms with E-state index < -0.39 is 6.10 Å². The number of rotatable bonds is 6. The average molecular weight is 322 g/mol. The van der Waals surface area contributed by atoms with Crippen LogP contribution in [0.3, 0.4) is 0 Å². The summed E-state index contributed by atoms with van der Waals surface area (Å²) in [6.45, 7) is 4.58. The molecule has 0 aromatic heterocycles. The van der Waals surface area contributed by atoms with Gasteiger partial charge in [-0.25, -0.2) is 0 Å². The number of hydrogen-bond acceptors (Lipinski definition) is 2. The number of aliphatic hydroxyl groups excluding tert-OH is 1. The van der Waals surface area contributed by atoms with Gasteiger partial charge in [-0.3, -0.25) is 0 Å². The largest absolute Gasteiger partial charge is 0.386 e. The van der Waals surface area contributed by atoms with Gasteiger partial charge in [-0.05, 0) is 25.5 Å². The van der Waals surface area contributed by atoms with Gasteiger partial charge in [0, 0.05) is 21.7 Å². The van der Waals surface area contributed by atoms with E-state index in [0.717, 1.165) is 17.3 Å². The monoisotopic (exact) mass is 320 g/mol. The lowest BCUT2D eigenvalue weighted by molar-refractivity contribution is -0.0387. The van der Waals surface area contributed by atoms with Gasteiger partial charge in [0.15, 0.2) is 0 Å². The first-order valence-electron chi connectivity index (χ1n) is 5.85. The van der Waals surface area contributed by atoms with E-state index in [9.17, 15) is 5.11 Å². The summed E-state index contributed by atoms with van der Waals surface area (Å²) in [5.74, 6) is 0. The lowest BCUT2D eigenvalue weighted by Crippen LogP contribution is -2.23. The summed E-state index contributed by atoms with van der Waals surface area (Å²) >= 11 is 9.54. The van der Waals surface area contributed by atoms with Crippen LogP contribution in [0.5, 0.6) is 0 Å².